The third kappa shape index (κ3) is 3.40. The number of nitrogens with zero attached hydrogens (tertiary/aromatic N) is 2. The maximum absolute atomic E-state index is 12.0. The maximum Gasteiger partial charge on any atom is 0.272 e. The molecule has 0 aliphatic carbocycles. The molecule has 0 radical (unpaired) electrons. The Morgan fingerprint density at radius 1 is 1.41 bits per heavy atom. The van der Waals surface area contributed by atoms with Gasteiger partial charge in [-0.25, -0.2) is 4.68 Å². The van der Waals surface area contributed by atoms with Gasteiger partial charge < -0.3 is 5.11 Å². The first kappa shape index (κ1) is 13.9. The van der Waals surface area contributed by atoms with Gasteiger partial charge in [0.1, 0.15) is 0 Å². The zero-order valence-electron chi connectivity index (χ0n) is 11.3. The van der Waals surface area contributed by atoms with Crippen molar-refractivity contribution in [3.05, 3.63) is 27.7 Å². The Hall–Kier alpha value is -1.16. The highest BCUT2D eigenvalue weighted by molar-refractivity contribution is 5.18. The minimum atomic E-state index is -0.234. The zero-order chi connectivity index (χ0) is 13.2. The van der Waals surface area contributed by atoms with Gasteiger partial charge in [-0.05, 0) is 12.0 Å². The lowest BCUT2D eigenvalue weighted by Crippen LogP contribution is -2.31. The van der Waals surface area contributed by atoms with E-state index in [4.69, 9.17) is 0 Å². The summed E-state index contributed by atoms with van der Waals surface area (Å²) in [5.74, 6) is 0.349. The number of aliphatic hydroxyl groups excluding tert-OH is 1. The molecule has 0 unspecified atom stereocenters. The summed E-state index contributed by atoms with van der Waals surface area (Å²) in [6, 6.07) is 1.71. The van der Waals surface area contributed by atoms with Crippen molar-refractivity contribution in [1.29, 1.82) is 0 Å². The first-order valence-electron chi connectivity index (χ1n) is 5.98. The summed E-state index contributed by atoms with van der Waals surface area (Å²) in [4.78, 5) is 12.0. The van der Waals surface area contributed by atoms with E-state index in [2.05, 4.69) is 5.10 Å². The van der Waals surface area contributed by atoms with Crippen LogP contribution >= 0.6 is 0 Å². The summed E-state index contributed by atoms with van der Waals surface area (Å²) in [5, 5.41) is 13.6. The fraction of sp³-hybridized carbons (Fsp3) is 0.692. The van der Waals surface area contributed by atoms with Crippen LogP contribution < -0.4 is 5.56 Å². The smallest absolute Gasteiger partial charge is 0.272 e. The standard InChI is InChI=1S/C13H22N2O2/c1-9(2)7-15-12(17)10(8-16)6-11(14-15)13(3,4)5/h6,9,16H,7-8H2,1-5H3. The second-order valence-corrected chi connectivity index (χ2v) is 5.84. The van der Waals surface area contributed by atoms with Gasteiger partial charge in [0, 0.05) is 17.5 Å². The number of hydrogen-bond acceptors (Lipinski definition) is 3. The highest BCUT2D eigenvalue weighted by Gasteiger charge is 2.19. The Kier molecular flexibility index (Phi) is 4.09. The molecule has 0 aliphatic rings. The van der Waals surface area contributed by atoms with Crippen molar-refractivity contribution < 1.29 is 5.11 Å². The van der Waals surface area contributed by atoms with Crippen LogP contribution in [-0.4, -0.2) is 14.9 Å². The summed E-state index contributed by atoms with van der Waals surface area (Å²) < 4.78 is 1.47. The molecule has 4 nitrogen and oxygen atoms in total. The zero-order valence-corrected chi connectivity index (χ0v) is 11.3. The minimum Gasteiger partial charge on any atom is -0.391 e. The molecule has 0 fully saturated rings. The molecule has 0 aromatic carbocycles. The lowest BCUT2D eigenvalue weighted by molar-refractivity contribution is 0.276. The van der Waals surface area contributed by atoms with Crippen LogP contribution in [0.2, 0.25) is 0 Å². The van der Waals surface area contributed by atoms with Crippen LogP contribution in [-0.2, 0) is 18.6 Å². The highest BCUT2D eigenvalue weighted by atomic mass is 16.3. The highest BCUT2D eigenvalue weighted by Crippen LogP contribution is 2.19. The quantitative estimate of drug-likeness (QED) is 0.871. The molecule has 96 valence electrons. The van der Waals surface area contributed by atoms with Crippen LogP contribution in [0.3, 0.4) is 0 Å². The van der Waals surface area contributed by atoms with Gasteiger partial charge in [-0.15, -0.1) is 0 Å². The van der Waals surface area contributed by atoms with E-state index in [1.807, 2.05) is 34.6 Å². The first-order chi connectivity index (χ1) is 7.75. The fourth-order valence-corrected chi connectivity index (χ4v) is 1.55. The molecule has 0 bridgehead atoms. The lowest BCUT2D eigenvalue weighted by Gasteiger charge is -2.20. The average Bonchev–Trinajstić information content (AvgIpc) is 2.18. The van der Waals surface area contributed by atoms with Crippen LogP contribution in [0.25, 0.3) is 0 Å². The molecule has 1 N–H and O–H groups in total. The number of hydrogen-bond donors (Lipinski definition) is 1. The second-order valence-electron chi connectivity index (χ2n) is 5.84. The largest absolute Gasteiger partial charge is 0.391 e. The van der Waals surface area contributed by atoms with Gasteiger partial charge in [-0.2, -0.15) is 5.10 Å². The summed E-state index contributed by atoms with van der Waals surface area (Å²) in [7, 11) is 0. The van der Waals surface area contributed by atoms with E-state index < -0.39 is 0 Å². The molecular formula is C13H22N2O2. The van der Waals surface area contributed by atoms with Crippen molar-refractivity contribution in [3.63, 3.8) is 0 Å². The summed E-state index contributed by atoms with van der Waals surface area (Å²) in [6.07, 6.45) is 0. The number of aliphatic hydroxyl groups is 1. The first-order valence-corrected chi connectivity index (χ1v) is 5.98. The van der Waals surface area contributed by atoms with Gasteiger partial charge in [0.25, 0.3) is 5.56 Å². The van der Waals surface area contributed by atoms with Crippen LogP contribution in [0.15, 0.2) is 10.9 Å². The molecule has 0 atom stereocenters. The van der Waals surface area contributed by atoms with E-state index in [1.54, 1.807) is 6.07 Å². The van der Waals surface area contributed by atoms with Crippen molar-refractivity contribution in [1.82, 2.24) is 9.78 Å². The molecule has 0 aliphatic heterocycles. The molecule has 0 amide bonds. The summed E-state index contributed by atoms with van der Waals surface area (Å²) >= 11 is 0. The SMILES string of the molecule is CC(C)Cn1nc(C(C)(C)C)cc(CO)c1=O. The lowest BCUT2D eigenvalue weighted by atomic mass is 9.91. The van der Waals surface area contributed by atoms with Crippen molar-refractivity contribution in [3.8, 4) is 0 Å². The van der Waals surface area contributed by atoms with Gasteiger partial charge in [-0.3, -0.25) is 4.79 Å². The molecule has 1 heterocycles. The normalized spacial score (nSPS) is 12.2. The number of aromatic nitrogens is 2. The van der Waals surface area contributed by atoms with Gasteiger partial charge in [0.2, 0.25) is 0 Å². The van der Waals surface area contributed by atoms with E-state index in [0.29, 0.717) is 18.0 Å². The van der Waals surface area contributed by atoms with E-state index in [-0.39, 0.29) is 17.6 Å². The van der Waals surface area contributed by atoms with Crippen molar-refractivity contribution in [2.45, 2.75) is 53.2 Å². The van der Waals surface area contributed by atoms with Crippen molar-refractivity contribution in [2.24, 2.45) is 5.92 Å². The van der Waals surface area contributed by atoms with E-state index >= 15 is 0 Å². The average molecular weight is 238 g/mol. The predicted molar refractivity (Wildman–Crippen MR) is 68.0 cm³/mol. The van der Waals surface area contributed by atoms with Gasteiger partial charge >= 0.3 is 0 Å². The van der Waals surface area contributed by atoms with Crippen LogP contribution in [0.5, 0.6) is 0 Å². The van der Waals surface area contributed by atoms with Crippen LogP contribution in [0.4, 0.5) is 0 Å². The predicted octanol–water partition coefficient (Wildman–Crippen LogP) is 1.69. The van der Waals surface area contributed by atoms with Gasteiger partial charge in [0.05, 0.1) is 12.3 Å². The molecular weight excluding hydrogens is 216 g/mol. The van der Waals surface area contributed by atoms with Crippen LogP contribution in [0.1, 0.15) is 45.9 Å². The number of rotatable bonds is 3. The summed E-state index contributed by atoms with van der Waals surface area (Å²) in [5.41, 5.74) is 0.942. The second kappa shape index (κ2) is 5.00. The monoisotopic (exact) mass is 238 g/mol. The third-order valence-corrected chi connectivity index (χ3v) is 2.53. The van der Waals surface area contributed by atoms with Gasteiger partial charge in [-0.1, -0.05) is 34.6 Å². The van der Waals surface area contributed by atoms with Gasteiger partial charge in [0.15, 0.2) is 0 Å². The van der Waals surface area contributed by atoms with Crippen molar-refractivity contribution >= 4 is 0 Å². The Morgan fingerprint density at radius 2 is 2.00 bits per heavy atom. The topological polar surface area (TPSA) is 55.1 Å². The molecule has 0 saturated heterocycles. The van der Waals surface area contributed by atoms with E-state index in [1.165, 1.54) is 4.68 Å². The maximum atomic E-state index is 12.0. The van der Waals surface area contributed by atoms with E-state index in [9.17, 15) is 9.90 Å². The molecule has 0 spiro atoms. The molecule has 1 aromatic heterocycles. The van der Waals surface area contributed by atoms with Crippen molar-refractivity contribution in [2.75, 3.05) is 0 Å². The minimum absolute atomic E-state index is 0.129. The molecule has 17 heavy (non-hydrogen) atoms. The molecule has 1 rings (SSSR count). The fourth-order valence-electron chi connectivity index (χ4n) is 1.55. The molecule has 0 saturated carbocycles. The Labute approximate surface area is 102 Å². The Morgan fingerprint density at radius 3 is 2.41 bits per heavy atom. The summed E-state index contributed by atoms with van der Waals surface area (Å²) in [6.45, 7) is 10.5. The van der Waals surface area contributed by atoms with E-state index in [0.717, 1.165) is 5.69 Å². The molecule has 4 heteroatoms. The Bertz CT molecular complexity index is 442. The molecule has 1 aromatic rings. The Balaban J connectivity index is 3.34. The van der Waals surface area contributed by atoms with Crippen LogP contribution in [0, 0.1) is 5.92 Å². The third-order valence-electron chi connectivity index (χ3n) is 2.53.